The van der Waals surface area contributed by atoms with E-state index in [-0.39, 0.29) is 17.0 Å². The molecule has 0 N–H and O–H groups in total. The topological polar surface area (TPSA) is 0 Å². The van der Waals surface area contributed by atoms with Crippen molar-refractivity contribution < 1.29 is 17.0 Å². The second kappa shape index (κ2) is 11.5. The third kappa shape index (κ3) is 5.25. The Kier molecular flexibility index (Phi) is 8.54. The molecule has 5 rings (SSSR count). The van der Waals surface area contributed by atoms with Crippen LogP contribution in [0.5, 0.6) is 0 Å². The largest absolute Gasteiger partial charge is 1.00 e. The van der Waals surface area contributed by atoms with Crippen LogP contribution in [-0.4, -0.2) is 6.16 Å². The first kappa shape index (κ1) is 26.8. The quantitative estimate of drug-likeness (QED) is 0.368. The van der Waals surface area contributed by atoms with Crippen LogP contribution in [0.3, 0.4) is 0 Å². The molecule has 0 unspecified atom stereocenters. The van der Waals surface area contributed by atoms with Gasteiger partial charge in [-0.2, -0.15) is 0 Å². The van der Waals surface area contributed by atoms with Gasteiger partial charge in [-0.1, -0.05) is 80.1 Å². The van der Waals surface area contributed by atoms with E-state index in [2.05, 4.69) is 124 Å². The predicted octanol–water partition coefficient (Wildman–Crippen LogP) is 5.16. The summed E-state index contributed by atoms with van der Waals surface area (Å²) in [4.78, 5) is 0. The fourth-order valence-electron chi connectivity index (χ4n) is 6.11. The van der Waals surface area contributed by atoms with Crippen molar-refractivity contribution in [2.75, 3.05) is 6.16 Å². The van der Waals surface area contributed by atoms with E-state index in [1.54, 1.807) is 16.7 Å². The van der Waals surface area contributed by atoms with Crippen molar-refractivity contribution in [2.45, 2.75) is 52.9 Å². The highest BCUT2D eigenvalue weighted by Gasteiger charge is 2.44. The molecule has 0 bridgehead atoms. The van der Waals surface area contributed by atoms with Gasteiger partial charge in [0, 0.05) is 0 Å². The molecule has 0 radical (unpaired) electrons. The monoisotopic (exact) mass is 556 g/mol. The number of halogens is 1. The van der Waals surface area contributed by atoms with Crippen molar-refractivity contribution in [3.63, 3.8) is 0 Å². The maximum Gasteiger partial charge on any atom is 0.115 e. The van der Waals surface area contributed by atoms with Gasteiger partial charge in [0.25, 0.3) is 0 Å². The predicted molar refractivity (Wildman–Crippen MR) is 156 cm³/mol. The van der Waals surface area contributed by atoms with E-state index in [1.165, 1.54) is 53.6 Å². The summed E-state index contributed by atoms with van der Waals surface area (Å²) in [6, 6.07) is 33.7. The van der Waals surface area contributed by atoms with Crippen LogP contribution in [0.4, 0.5) is 0 Å². The molecule has 3 aromatic carbocycles. The first-order valence-electron chi connectivity index (χ1n) is 13.2. The summed E-state index contributed by atoms with van der Waals surface area (Å²) >= 11 is 0. The summed E-state index contributed by atoms with van der Waals surface area (Å²) in [5.41, 5.74) is 6.68. The SMILES string of the molecule is C/C(=C\C[P+](c1ccccc1)(c1ccccc1)c1ccccc1)C1=CC2=C(CCCC2(C)C)CC1.[Br-]. The van der Waals surface area contributed by atoms with E-state index >= 15 is 0 Å². The van der Waals surface area contributed by atoms with Crippen molar-refractivity contribution in [3.05, 3.63) is 125 Å². The Hall–Kier alpha value is -2.21. The van der Waals surface area contributed by atoms with Gasteiger partial charge in [-0.25, -0.2) is 0 Å². The molecule has 0 heterocycles. The molecule has 0 nitrogen and oxygen atoms in total. The van der Waals surface area contributed by atoms with E-state index in [0.29, 0.717) is 5.41 Å². The molecule has 36 heavy (non-hydrogen) atoms. The average molecular weight is 558 g/mol. The first-order chi connectivity index (χ1) is 17.0. The molecule has 2 aliphatic carbocycles. The second-order valence-corrected chi connectivity index (χ2v) is 14.3. The molecule has 2 heteroatoms. The highest BCUT2D eigenvalue weighted by molar-refractivity contribution is 7.95. The number of hydrogen-bond donors (Lipinski definition) is 0. The highest BCUT2D eigenvalue weighted by atomic mass is 79.9. The molecular formula is C34H38BrP. The highest BCUT2D eigenvalue weighted by Crippen LogP contribution is 2.55. The number of benzene rings is 3. The minimum Gasteiger partial charge on any atom is -1.00 e. The Morgan fingerprint density at radius 3 is 1.75 bits per heavy atom. The number of hydrogen-bond acceptors (Lipinski definition) is 0. The summed E-state index contributed by atoms with van der Waals surface area (Å²) in [5.74, 6) is 0. The molecule has 0 spiro atoms. The normalized spacial score (nSPS) is 17.6. The van der Waals surface area contributed by atoms with Gasteiger partial charge in [0.1, 0.15) is 23.2 Å². The fraction of sp³-hybridized carbons (Fsp3) is 0.294. The molecule has 0 amide bonds. The van der Waals surface area contributed by atoms with Gasteiger partial charge in [-0.05, 0) is 104 Å². The van der Waals surface area contributed by atoms with Gasteiger partial charge in [0.05, 0.1) is 6.16 Å². The maximum atomic E-state index is 2.57. The van der Waals surface area contributed by atoms with Crippen LogP contribution >= 0.6 is 7.26 Å². The number of rotatable bonds is 6. The van der Waals surface area contributed by atoms with Gasteiger partial charge in [-0.3, -0.25) is 0 Å². The standard InChI is InChI=1S/C34H38P.BrH/c1-27(29-22-21-28-14-13-24-34(2,3)33(28)26-29)23-25-35(30-15-7-4-8-16-30,31-17-9-5-10-18-31)32-19-11-6-12-20-32;/h4-12,15-20,23,26H,13-14,21-22,24-25H2,1-3H3;1H/q+1;/p-1/b27-23+;. The lowest BCUT2D eigenvalue weighted by atomic mass is 9.68. The van der Waals surface area contributed by atoms with E-state index < -0.39 is 7.26 Å². The second-order valence-electron chi connectivity index (χ2n) is 10.8. The molecule has 0 aliphatic heterocycles. The molecule has 0 saturated carbocycles. The summed E-state index contributed by atoms with van der Waals surface area (Å²) in [6.07, 6.45) is 12.6. The molecule has 0 atom stereocenters. The van der Waals surface area contributed by atoms with Crippen LogP contribution in [0.15, 0.2) is 125 Å². The zero-order chi connectivity index (χ0) is 24.3. The summed E-state index contributed by atoms with van der Waals surface area (Å²) in [6.45, 7) is 7.23. The third-order valence-electron chi connectivity index (χ3n) is 8.17. The lowest BCUT2D eigenvalue weighted by Gasteiger charge is -2.37. The third-order valence-corrected chi connectivity index (χ3v) is 12.4. The molecule has 186 valence electrons. The van der Waals surface area contributed by atoms with Crippen LogP contribution in [0.2, 0.25) is 0 Å². The van der Waals surface area contributed by atoms with Gasteiger partial charge >= 0.3 is 0 Å². The Labute approximate surface area is 229 Å². The van der Waals surface area contributed by atoms with Gasteiger partial charge in [-0.15, -0.1) is 0 Å². The zero-order valence-electron chi connectivity index (χ0n) is 21.9. The smallest absolute Gasteiger partial charge is 0.115 e. The van der Waals surface area contributed by atoms with Crippen LogP contribution in [0.1, 0.15) is 52.9 Å². The van der Waals surface area contributed by atoms with Gasteiger partial charge < -0.3 is 17.0 Å². The maximum absolute atomic E-state index is 2.57. The molecule has 3 aromatic rings. The Morgan fingerprint density at radius 1 is 0.750 bits per heavy atom. The van der Waals surface area contributed by atoms with Crippen LogP contribution in [0.25, 0.3) is 0 Å². The molecule has 2 aliphatic rings. The van der Waals surface area contributed by atoms with E-state index in [0.717, 1.165) is 6.16 Å². The summed E-state index contributed by atoms with van der Waals surface area (Å²) < 4.78 is 0. The molecule has 0 saturated heterocycles. The van der Waals surface area contributed by atoms with Crippen LogP contribution < -0.4 is 32.9 Å². The van der Waals surface area contributed by atoms with E-state index in [4.69, 9.17) is 0 Å². The molecular weight excluding hydrogens is 519 g/mol. The zero-order valence-corrected chi connectivity index (χ0v) is 24.4. The van der Waals surface area contributed by atoms with E-state index in [9.17, 15) is 0 Å². The van der Waals surface area contributed by atoms with Gasteiger partial charge in [0.15, 0.2) is 0 Å². The minimum absolute atomic E-state index is 0. The minimum atomic E-state index is -1.83. The Morgan fingerprint density at radius 2 is 1.25 bits per heavy atom. The van der Waals surface area contributed by atoms with E-state index in [1.807, 2.05) is 0 Å². The first-order valence-corrected chi connectivity index (χ1v) is 15.1. The summed E-state index contributed by atoms with van der Waals surface area (Å²) in [7, 11) is -1.83. The Balaban J connectivity index is 0.00000304. The lowest BCUT2D eigenvalue weighted by Crippen LogP contribution is -3.00. The average Bonchev–Trinajstić information content (AvgIpc) is 2.90. The van der Waals surface area contributed by atoms with Crippen LogP contribution in [-0.2, 0) is 0 Å². The number of allylic oxidation sites excluding steroid dienone is 6. The van der Waals surface area contributed by atoms with Crippen molar-refractivity contribution >= 4 is 23.2 Å². The fourth-order valence-corrected chi connectivity index (χ4v) is 10.2. The van der Waals surface area contributed by atoms with Crippen molar-refractivity contribution in [1.82, 2.24) is 0 Å². The van der Waals surface area contributed by atoms with Gasteiger partial charge in [0.2, 0.25) is 0 Å². The molecule has 0 fully saturated rings. The lowest BCUT2D eigenvalue weighted by molar-refractivity contribution is -0.00000734. The Bertz CT molecular complexity index is 1150. The van der Waals surface area contributed by atoms with Crippen molar-refractivity contribution in [1.29, 1.82) is 0 Å². The van der Waals surface area contributed by atoms with Crippen LogP contribution in [0, 0.1) is 5.41 Å². The van der Waals surface area contributed by atoms with Crippen molar-refractivity contribution in [3.8, 4) is 0 Å². The molecule has 0 aromatic heterocycles. The van der Waals surface area contributed by atoms with Crippen molar-refractivity contribution in [2.24, 2.45) is 5.41 Å². The summed E-state index contributed by atoms with van der Waals surface area (Å²) in [5, 5.41) is 4.37.